The smallest absolute Gasteiger partial charge is 0.299 e. The SMILES string of the molecule is Cc1cc(F)cc2c1N(CC1CCC(C)O1)C(=O)C2=O. The summed E-state index contributed by atoms with van der Waals surface area (Å²) in [4.78, 5) is 25.5. The number of Topliss-reactive ketones (excluding diaryl/α,β-unsaturated/α-hetero) is 1. The topological polar surface area (TPSA) is 46.6 Å². The number of halogens is 1. The fourth-order valence-electron chi connectivity index (χ4n) is 3.00. The van der Waals surface area contributed by atoms with E-state index in [0.29, 0.717) is 17.8 Å². The van der Waals surface area contributed by atoms with Crippen molar-refractivity contribution in [2.24, 2.45) is 0 Å². The van der Waals surface area contributed by atoms with Crippen LogP contribution in [0.15, 0.2) is 12.1 Å². The second-order valence-corrected chi connectivity index (χ2v) is 5.51. The monoisotopic (exact) mass is 277 g/mol. The van der Waals surface area contributed by atoms with Crippen LogP contribution in [0.3, 0.4) is 0 Å². The number of amides is 1. The highest BCUT2D eigenvalue weighted by atomic mass is 19.1. The summed E-state index contributed by atoms with van der Waals surface area (Å²) in [5, 5.41) is 0. The molecule has 2 heterocycles. The molecule has 0 saturated carbocycles. The number of benzene rings is 1. The summed E-state index contributed by atoms with van der Waals surface area (Å²) in [7, 11) is 0. The zero-order valence-corrected chi connectivity index (χ0v) is 11.5. The van der Waals surface area contributed by atoms with Gasteiger partial charge in [-0.15, -0.1) is 0 Å². The second kappa shape index (κ2) is 4.66. The number of hydrogen-bond acceptors (Lipinski definition) is 3. The van der Waals surface area contributed by atoms with E-state index < -0.39 is 17.5 Å². The average molecular weight is 277 g/mol. The summed E-state index contributed by atoms with van der Waals surface area (Å²) in [6, 6.07) is 2.48. The molecule has 0 aromatic heterocycles. The van der Waals surface area contributed by atoms with Crippen LogP contribution in [0, 0.1) is 12.7 Å². The number of aryl methyl sites for hydroxylation is 1. The van der Waals surface area contributed by atoms with E-state index >= 15 is 0 Å². The highest BCUT2D eigenvalue weighted by Gasteiger charge is 2.39. The van der Waals surface area contributed by atoms with Crippen molar-refractivity contribution >= 4 is 17.4 Å². The molecule has 0 N–H and O–H groups in total. The van der Waals surface area contributed by atoms with Crippen molar-refractivity contribution in [3.63, 3.8) is 0 Å². The van der Waals surface area contributed by atoms with Gasteiger partial charge in [-0.1, -0.05) is 0 Å². The van der Waals surface area contributed by atoms with Crippen LogP contribution in [0.5, 0.6) is 0 Å². The Kier molecular flexibility index (Phi) is 3.09. The Morgan fingerprint density at radius 1 is 1.35 bits per heavy atom. The highest BCUT2D eigenvalue weighted by molar-refractivity contribution is 6.52. The van der Waals surface area contributed by atoms with E-state index in [0.717, 1.165) is 18.9 Å². The molecule has 106 valence electrons. The van der Waals surface area contributed by atoms with Crippen LogP contribution in [-0.4, -0.2) is 30.4 Å². The highest BCUT2D eigenvalue weighted by Crippen LogP contribution is 2.34. The Labute approximate surface area is 116 Å². The summed E-state index contributed by atoms with van der Waals surface area (Å²) in [5.41, 5.74) is 1.30. The number of carbonyl (C=O) groups is 2. The molecule has 3 rings (SSSR count). The van der Waals surface area contributed by atoms with Gasteiger partial charge in [0.2, 0.25) is 0 Å². The molecular weight excluding hydrogens is 261 g/mol. The molecule has 1 fully saturated rings. The Morgan fingerprint density at radius 3 is 2.75 bits per heavy atom. The van der Waals surface area contributed by atoms with E-state index in [9.17, 15) is 14.0 Å². The van der Waals surface area contributed by atoms with Gasteiger partial charge in [0.15, 0.2) is 0 Å². The fraction of sp³-hybridized carbons (Fsp3) is 0.467. The third-order valence-electron chi connectivity index (χ3n) is 3.93. The molecule has 2 atom stereocenters. The summed E-state index contributed by atoms with van der Waals surface area (Å²) in [6.45, 7) is 4.05. The van der Waals surface area contributed by atoms with Gasteiger partial charge in [0.25, 0.3) is 11.7 Å². The molecule has 1 aromatic rings. The lowest BCUT2D eigenvalue weighted by atomic mass is 10.1. The first kappa shape index (κ1) is 13.2. The van der Waals surface area contributed by atoms with E-state index in [-0.39, 0.29) is 17.8 Å². The van der Waals surface area contributed by atoms with Crippen molar-refractivity contribution in [2.45, 2.75) is 38.9 Å². The summed E-state index contributed by atoms with van der Waals surface area (Å²) < 4.78 is 19.1. The number of nitrogens with zero attached hydrogens (tertiary/aromatic N) is 1. The van der Waals surface area contributed by atoms with Gasteiger partial charge >= 0.3 is 0 Å². The van der Waals surface area contributed by atoms with Gasteiger partial charge in [-0.3, -0.25) is 9.59 Å². The largest absolute Gasteiger partial charge is 0.373 e. The van der Waals surface area contributed by atoms with Crippen LogP contribution in [0.25, 0.3) is 0 Å². The van der Waals surface area contributed by atoms with Gasteiger partial charge in [-0.25, -0.2) is 4.39 Å². The lowest BCUT2D eigenvalue weighted by Gasteiger charge is -2.22. The zero-order valence-electron chi connectivity index (χ0n) is 11.5. The van der Waals surface area contributed by atoms with Gasteiger partial charge in [0.05, 0.1) is 30.0 Å². The maximum atomic E-state index is 13.4. The predicted octanol–water partition coefficient (Wildman–Crippen LogP) is 2.23. The van der Waals surface area contributed by atoms with Crippen molar-refractivity contribution in [1.82, 2.24) is 0 Å². The summed E-state index contributed by atoms with van der Waals surface area (Å²) >= 11 is 0. The molecule has 1 saturated heterocycles. The van der Waals surface area contributed by atoms with E-state index in [1.807, 2.05) is 6.92 Å². The summed E-state index contributed by atoms with van der Waals surface area (Å²) in [6.07, 6.45) is 1.95. The first-order chi connectivity index (χ1) is 9.47. The molecule has 0 aliphatic carbocycles. The van der Waals surface area contributed by atoms with Crippen molar-refractivity contribution < 1.29 is 18.7 Å². The molecule has 4 nitrogen and oxygen atoms in total. The minimum absolute atomic E-state index is 0.0582. The molecule has 0 bridgehead atoms. The first-order valence-electron chi connectivity index (χ1n) is 6.79. The third kappa shape index (κ3) is 2.02. The normalized spacial score (nSPS) is 25.4. The van der Waals surface area contributed by atoms with Crippen LogP contribution < -0.4 is 4.90 Å². The Bertz CT molecular complexity index is 599. The van der Waals surface area contributed by atoms with E-state index in [1.54, 1.807) is 6.92 Å². The number of carbonyl (C=O) groups excluding carboxylic acids is 2. The Balaban J connectivity index is 1.94. The number of ether oxygens (including phenoxy) is 1. The molecule has 0 spiro atoms. The standard InChI is InChI=1S/C15H16FNO3/c1-8-5-10(16)6-12-13(8)17(15(19)14(12)18)7-11-4-3-9(2)20-11/h5-6,9,11H,3-4,7H2,1-2H3. The lowest BCUT2D eigenvalue weighted by Crippen LogP contribution is -2.37. The van der Waals surface area contributed by atoms with Crippen LogP contribution in [0.4, 0.5) is 10.1 Å². The average Bonchev–Trinajstić information content (AvgIpc) is 2.88. The lowest BCUT2D eigenvalue weighted by molar-refractivity contribution is -0.114. The maximum Gasteiger partial charge on any atom is 0.299 e. The van der Waals surface area contributed by atoms with Gasteiger partial charge in [-0.2, -0.15) is 0 Å². The fourth-order valence-corrected chi connectivity index (χ4v) is 3.00. The summed E-state index contributed by atoms with van der Waals surface area (Å²) in [5.74, 6) is -1.71. The number of rotatable bonds is 2. The number of ketones is 1. The molecule has 2 aliphatic rings. The van der Waals surface area contributed by atoms with Crippen molar-refractivity contribution in [2.75, 3.05) is 11.4 Å². The minimum Gasteiger partial charge on any atom is -0.373 e. The second-order valence-electron chi connectivity index (χ2n) is 5.51. The minimum atomic E-state index is -0.631. The van der Waals surface area contributed by atoms with Crippen LogP contribution in [-0.2, 0) is 9.53 Å². The van der Waals surface area contributed by atoms with Crippen LogP contribution >= 0.6 is 0 Å². The van der Waals surface area contributed by atoms with Gasteiger partial charge in [0.1, 0.15) is 5.82 Å². The number of fused-ring (bicyclic) bond motifs is 1. The van der Waals surface area contributed by atoms with E-state index in [1.165, 1.54) is 11.0 Å². The Morgan fingerprint density at radius 2 is 2.10 bits per heavy atom. The number of hydrogen-bond donors (Lipinski definition) is 0. The van der Waals surface area contributed by atoms with Gasteiger partial charge < -0.3 is 9.64 Å². The van der Waals surface area contributed by atoms with E-state index in [2.05, 4.69) is 0 Å². The molecule has 0 radical (unpaired) electrons. The quantitative estimate of drug-likeness (QED) is 0.779. The first-order valence-corrected chi connectivity index (χ1v) is 6.79. The molecule has 20 heavy (non-hydrogen) atoms. The Hall–Kier alpha value is -1.75. The van der Waals surface area contributed by atoms with Gasteiger partial charge in [0, 0.05) is 0 Å². The number of anilines is 1. The molecule has 2 aliphatic heterocycles. The molecule has 2 unspecified atom stereocenters. The van der Waals surface area contributed by atoms with Crippen LogP contribution in [0.2, 0.25) is 0 Å². The van der Waals surface area contributed by atoms with Crippen LogP contribution in [0.1, 0.15) is 35.7 Å². The molecular formula is C15H16FNO3. The van der Waals surface area contributed by atoms with E-state index in [4.69, 9.17) is 4.74 Å². The maximum absolute atomic E-state index is 13.4. The van der Waals surface area contributed by atoms with Crippen molar-refractivity contribution in [3.05, 3.63) is 29.1 Å². The molecule has 1 aromatic carbocycles. The van der Waals surface area contributed by atoms with Crippen molar-refractivity contribution in [1.29, 1.82) is 0 Å². The van der Waals surface area contributed by atoms with Gasteiger partial charge in [-0.05, 0) is 44.4 Å². The third-order valence-corrected chi connectivity index (χ3v) is 3.93. The molecule has 1 amide bonds. The zero-order chi connectivity index (χ0) is 14.4. The predicted molar refractivity (Wildman–Crippen MR) is 71.4 cm³/mol. The van der Waals surface area contributed by atoms with Crippen molar-refractivity contribution in [3.8, 4) is 0 Å². The molecule has 5 heteroatoms.